The summed E-state index contributed by atoms with van der Waals surface area (Å²) in [7, 11) is 1.32. The molecular formula is C24H23FN6O3S. The van der Waals surface area contributed by atoms with E-state index >= 15 is 0 Å². The van der Waals surface area contributed by atoms with Crippen molar-refractivity contribution in [2.24, 2.45) is 7.05 Å². The molecule has 35 heavy (non-hydrogen) atoms. The summed E-state index contributed by atoms with van der Waals surface area (Å²) >= 11 is 1.07. The average Bonchev–Trinajstić information content (AvgIpc) is 3.29. The quantitative estimate of drug-likeness (QED) is 0.296. The van der Waals surface area contributed by atoms with Gasteiger partial charge in [-0.2, -0.15) is 0 Å². The highest BCUT2D eigenvalue weighted by molar-refractivity contribution is 7.99. The lowest BCUT2D eigenvalue weighted by Crippen LogP contribution is -2.42. The summed E-state index contributed by atoms with van der Waals surface area (Å²) < 4.78 is 17.4. The minimum absolute atomic E-state index is 0.143. The van der Waals surface area contributed by atoms with E-state index in [-0.39, 0.29) is 29.5 Å². The molecular weight excluding hydrogens is 471 g/mol. The van der Waals surface area contributed by atoms with Crippen molar-refractivity contribution in [3.63, 3.8) is 0 Å². The van der Waals surface area contributed by atoms with Crippen LogP contribution in [-0.2, 0) is 13.6 Å². The lowest BCUT2D eigenvalue weighted by molar-refractivity contribution is 0.102. The topological polar surface area (TPSA) is 118 Å². The first kappa shape index (κ1) is 24.1. The van der Waals surface area contributed by atoms with Crippen LogP contribution in [0.4, 0.5) is 10.2 Å². The molecule has 180 valence electrons. The highest BCUT2D eigenvalue weighted by Gasteiger charge is 2.23. The number of benzene rings is 2. The number of carbonyl (C=O) groups is 1. The minimum Gasteiger partial charge on any atom is -0.384 e. The van der Waals surface area contributed by atoms with Crippen LogP contribution in [-0.4, -0.2) is 35.4 Å². The molecule has 11 heteroatoms. The third-order valence-electron chi connectivity index (χ3n) is 5.39. The number of carbonyl (C=O) groups excluding carboxylic acids is 1. The molecule has 9 nitrogen and oxygen atoms in total. The number of nitrogen functional groups attached to an aromatic ring is 1. The van der Waals surface area contributed by atoms with Gasteiger partial charge in [0, 0.05) is 24.8 Å². The second-order valence-electron chi connectivity index (χ2n) is 7.75. The first-order valence-corrected chi connectivity index (χ1v) is 11.8. The van der Waals surface area contributed by atoms with Gasteiger partial charge in [0.05, 0.1) is 5.75 Å². The molecule has 0 saturated carbocycles. The molecule has 4 rings (SSSR count). The Kier molecular flexibility index (Phi) is 6.97. The number of hydrogen-bond donors (Lipinski definition) is 1. The van der Waals surface area contributed by atoms with E-state index in [9.17, 15) is 18.8 Å². The Morgan fingerprint density at radius 1 is 1.06 bits per heavy atom. The van der Waals surface area contributed by atoms with E-state index in [0.717, 1.165) is 21.9 Å². The standard InChI is InChI=1S/C24H23FN6O3S/c1-3-13-30-20(26)19(22(33)29(2)24(30)34)18(32)14-35-23-28-27-21(15-7-5-4-6-8-15)31(23)17-11-9-16(25)10-12-17/h4-12H,3,13-14,26H2,1-2H3. The number of nitrogens with zero attached hydrogens (tertiary/aromatic N) is 5. The molecule has 0 unspecified atom stereocenters. The molecule has 2 aromatic carbocycles. The maximum atomic E-state index is 13.6. The van der Waals surface area contributed by atoms with Gasteiger partial charge in [-0.05, 0) is 30.7 Å². The summed E-state index contributed by atoms with van der Waals surface area (Å²) in [5, 5.41) is 8.90. The van der Waals surface area contributed by atoms with E-state index < -0.39 is 17.0 Å². The summed E-state index contributed by atoms with van der Waals surface area (Å²) in [6.45, 7) is 2.15. The number of aromatic nitrogens is 5. The summed E-state index contributed by atoms with van der Waals surface area (Å²) in [4.78, 5) is 38.2. The zero-order valence-corrected chi connectivity index (χ0v) is 20.0. The molecule has 0 aliphatic carbocycles. The van der Waals surface area contributed by atoms with Crippen LogP contribution in [0.1, 0.15) is 23.7 Å². The third-order valence-corrected chi connectivity index (χ3v) is 6.32. The number of thioether (sulfide) groups is 1. The fourth-order valence-corrected chi connectivity index (χ4v) is 4.47. The van der Waals surface area contributed by atoms with Gasteiger partial charge in [0.15, 0.2) is 16.8 Å². The monoisotopic (exact) mass is 494 g/mol. The number of Topliss-reactive ketones (excluding diaryl/α,β-unsaturated/α-hetero) is 1. The minimum atomic E-state index is -0.740. The van der Waals surface area contributed by atoms with Gasteiger partial charge in [0.2, 0.25) is 0 Å². The second-order valence-corrected chi connectivity index (χ2v) is 8.70. The first-order chi connectivity index (χ1) is 16.8. The lowest BCUT2D eigenvalue weighted by atomic mass is 10.2. The molecule has 0 aliphatic heterocycles. The number of nitrogens with two attached hydrogens (primary N) is 1. The van der Waals surface area contributed by atoms with Crippen molar-refractivity contribution in [1.29, 1.82) is 0 Å². The molecule has 0 saturated heterocycles. The van der Waals surface area contributed by atoms with Crippen LogP contribution >= 0.6 is 11.8 Å². The molecule has 2 heterocycles. The molecule has 0 radical (unpaired) electrons. The van der Waals surface area contributed by atoms with Crippen LogP contribution in [0.15, 0.2) is 69.3 Å². The van der Waals surface area contributed by atoms with Crippen LogP contribution in [0.2, 0.25) is 0 Å². The zero-order chi connectivity index (χ0) is 25.1. The average molecular weight is 495 g/mol. The normalized spacial score (nSPS) is 11.1. The largest absolute Gasteiger partial charge is 0.384 e. The van der Waals surface area contributed by atoms with E-state index in [1.807, 2.05) is 37.3 Å². The molecule has 0 amide bonds. The molecule has 2 N–H and O–H groups in total. The maximum absolute atomic E-state index is 13.6. The van der Waals surface area contributed by atoms with Crippen LogP contribution in [0.5, 0.6) is 0 Å². The molecule has 0 atom stereocenters. The third kappa shape index (κ3) is 4.67. The summed E-state index contributed by atoms with van der Waals surface area (Å²) in [5.41, 5.74) is 5.93. The van der Waals surface area contributed by atoms with Crippen LogP contribution in [0, 0.1) is 5.82 Å². The molecule has 0 spiro atoms. The Morgan fingerprint density at radius 2 is 1.74 bits per heavy atom. The maximum Gasteiger partial charge on any atom is 0.332 e. The van der Waals surface area contributed by atoms with E-state index in [2.05, 4.69) is 10.2 Å². The van der Waals surface area contributed by atoms with Gasteiger partial charge >= 0.3 is 5.69 Å². The summed E-state index contributed by atoms with van der Waals surface area (Å²) in [6.07, 6.45) is 0.605. The first-order valence-electron chi connectivity index (χ1n) is 10.9. The van der Waals surface area contributed by atoms with E-state index in [4.69, 9.17) is 5.73 Å². The van der Waals surface area contributed by atoms with Crippen LogP contribution in [0.3, 0.4) is 0 Å². The molecule has 0 aliphatic rings. The van der Waals surface area contributed by atoms with Gasteiger partial charge in [0.25, 0.3) is 5.56 Å². The van der Waals surface area contributed by atoms with Crippen molar-refractivity contribution in [3.8, 4) is 17.1 Å². The molecule has 2 aromatic heterocycles. The van der Waals surface area contributed by atoms with E-state index in [0.29, 0.717) is 23.1 Å². The van der Waals surface area contributed by atoms with Crippen LogP contribution < -0.4 is 17.0 Å². The van der Waals surface area contributed by atoms with Crippen LogP contribution in [0.25, 0.3) is 17.1 Å². The highest BCUT2D eigenvalue weighted by atomic mass is 32.2. The lowest BCUT2D eigenvalue weighted by Gasteiger charge is -2.14. The number of rotatable bonds is 8. The predicted molar refractivity (Wildman–Crippen MR) is 132 cm³/mol. The number of hydrogen-bond acceptors (Lipinski definition) is 7. The van der Waals surface area contributed by atoms with Crippen molar-refractivity contribution in [1.82, 2.24) is 23.9 Å². The van der Waals surface area contributed by atoms with Crippen molar-refractivity contribution in [2.75, 3.05) is 11.5 Å². The SMILES string of the molecule is CCCn1c(N)c(C(=O)CSc2nnc(-c3ccccc3)n2-c2ccc(F)cc2)c(=O)n(C)c1=O. The van der Waals surface area contributed by atoms with Gasteiger partial charge in [0.1, 0.15) is 17.2 Å². The second kappa shape index (κ2) is 10.1. The molecule has 0 bridgehead atoms. The van der Waals surface area contributed by atoms with Gasteiger partial charge in [-0.25, -0.2) is 9.18 Å². The Morgan fingerprint density at radius 3 is 2.40 bits per heavy atom. The van der Waals surface area contributed by atoms with Gasteiger partial charge in [-0.1, -0.05) is 49.0 Å². The van der Waals surface area contributed by atoms with Crippen molar-refractivity contribution >= 4 is 23.4 Å². The van der Waals surface area contributed by atoms with Gasteiger partial charge in [-0.3, -0.25) is 23.3 Å². The zero-order valence-electron chi connectivity index (χ0n) is 19.1. The predicted octanol–water partition coefficient (Wildman–Crippen LogP) is 2.90. The Bertz CT molecular complexity index is 1490. The Balaban J connectivity index is 1.72. The Hall–Kier alpha value is -3.99. The molecule has 4 aromatic rings. The number of ketones is 1. The van der Waals surface area contributed by atoms with Crippen molar-refractivity contribution in [3.05, 3.63) is 86.8 Å². The van der Waals surface area contributed by atoms with Crippen molar-refractivity contribution < 1.29 is 9.18 Å². The van der Waals surface area contributed by atoms with Gasteiger partial charge in [-0.15, -0.1) is 10.2 Å². The van der Waals surface area contributed by atoms with E-state index in [1.54, 1.807) is 16.7 Å². The summed E-state index contributed by atoms with van der Waals surface area (Å²) in [5.74, 6) is -0.721. The smallest absolute Gasteiger partial charge is 0.332 e. The van der Waals surface area contributed by atoms with E-state index in [1.165, 1.54) is 23.7 Å². The Labute approximate surface area is 204 Å². The number of anilines is 1. The fraction of sp³-hybridized carbons (Fsp3) is 0.208. The van der Waals surface area contributed by atoms with Crippen molar-refractivity contribution in [2.45, 2.75) is 25.0 Å². The fourth-order valence-electron chi connectivity index (χ4n) is 3.65. The van der Waals surface area contributed by atoms with Gasteiger partial charge < -0.3 is 5.73 Å². The highest BCUT2D eigenvalue weighted by Crippen LogP contribution is 2.28. The molecule has 0 fully saturated rings. The summed E-state index contributed by atoms with van der Waals surface area (Å²) in [6, 6.07) is 15.2. The number of halogens is 1.